The summed E-state index contributed by atoms with van der Waals surface area (Å²) in [6.45, 7) is 4.22. The lowest BCUT2D eigenvalue weighted by atomic mass is 10.1. The summed E-state index contributed by atoms with van der Waals surface area (Å²) in [6.07, 6.45) is 3.40. The molecular weight excluding hydrogens is 326 g/mol. The van der Waals surface area contributed by atoms with Gasteiger partial charge in [-0.25, -0.2) is 0 Å². The van der Waals surface area contributed by atoms with E-state index in [9.17, 15) is 4.79 Å². The second-order valence-corrected chi connectivity index (χ2v) is 6.45. The fraction of sp³-hybridized carbons (Fsp3) is 0.500. The third kappa shape index (κ3) is 3.87. The molecule has 24 heavy (non-hydrogen) atoms. The first-order valence-electron chi connectivity index (χ1n) is 8.20. The van der Waals surface area contributed by atoms with Gasteiger partial charge in [-0.15, -0.1) is 5.10 Å². The summed E-state index contributed by atoms with van der Waals surface area (Å²) in [5, 5.41) is 12.4. The zero-order valence-corrected chi connectivity index (χ0v) is 14.5. The smallest absolute Gasteiger partial charge is 0.233 e. The molecule has 1 saturated heterocycles. The number of thioether (sulfide) groups is 1. The summed E-state index contributed by atoms with van der Waals surface area (Å²) >= 11 is 1.36. The van der Waals surface area contributed by atoms with Gasteiger partial charge in [-0.3, -0.25) is 4.79 Å². The number of likely N-dealkylation sites (tertiary alicyclic amines) is 1. The number of hydrogen-bond donors (Lipinski definition) is 0. The predicted molar refractivity (Wildman–Crippen MR) is 91.5 cm³/mol. The van der Waals surface area contributed by atoms with Crippen LogP contribution < -0.4 is 4.74 Å². The number of tetrazole rings is 1. The SMILES string of the molecule is CCOc1ccccc1-n1nnnc1SCC(=O)N1CCCCC1. The van der Waals surface area contributed by atoms with Crippen LogP contribution in [0.4, 0.5) is 0 Å². The lowest BCUT2D eigenvalue weighted by molar-refractivity contribution is -0.129. The van der Waals surface area contributed by atoms with Crippen LogP contribution in [0.25, 0.3) is 5.69 Å². The molecule has 8 heteroatoms. The van der Waals surface area contributed by atoms with Crippen molar-refractivity contribution in [3.63, 3.8) is 0 Å². The van der Waals surface area contributed by atoms with E-state index < -0.39 is 0 Å². The summed E-state index contributed by atoms with van der Waals surface area (Å²) in [5.41, 5.74) is 0.775. The van der Waals surface area contributed by atoms with Crippen LogP contribution in [0.1, 0.15) is 26.2 Å². The number of hydrogen-bond acceptors (Lipinski definition) is 6. The number of aromatic nitrogens is 4. The van der Waals surface area contributed by atoms with Gasteiger partial charge in [-0.2, -0.15) is 4.68 Å². The van der Waals surface area contributed by atoms with E-state index in [4.69, 9.17) is 4.74 Å². The standard InChI is InChI=1S/C16H21N5O2S/c1-2-23-14-9-5-4-8-13(14)21-16(17-18-19-21)24-12-15(22)20-10-6-3-7-11-20/h4-5,8-9H,2-3,6-7,10-12H2,1H3. The molecule has 1 aromatic heterocycles. The van der Waals surface area contributed by atoms with Gasteiger partial charge in [0.1, 0.15) is 11.4 Å². The first-order valence-corrected chi connectivity index (χ1v) is 9.19. The van der Waals surface area contributed by atoms with Crippen LogP contribution in [0.3, 0.4) is 0 Å². The van der Waals surface area contributed by atoms with Gasteiger partial charge in [0.05, 0.1) is 12.4 Å². The minimum absolute atomic E-state index is 0.146. The van der Waals surface area contributed by atoms with Crippen LogP contribution >= 0.6 is 11.8 Å². The van der Waals surface area contributed by atoms with Crippen LogP contribution in [0, 0.1) is 0 Å². The number of piperidine rings is 1. The average molecular weight is 347 g/mol. The maximum atomic E-state index is 12.3. The monoisotopic (exact) mass is 347 g/mol. The number of carbonyl (C=O) groups excluding carboxylic acids is 1. The Hall–Kier alpha value is -2.09. The van der Waals surface area contributed by atoms with Crippen molar-refractivity contribution in [2.75, 3.05) is 25.4 Å². The zero-order chi connectivity index (χ0) is 16.8. The summed E-state index contributed by atoms with van der Waals surface area (Å²) < 4.78 is 7.26. The summed E-state index contributed by atoms with van der Waals surface area (Å²) in [5.74, 6) is 1.21. The molecule has 0 bridgehead atoms. The lowest BCUT2D eigenvalue weighted by Crippen LogP contribution is -2.36. The predicted octanol–water partition coefficient (Wildman–Crippen LogP) is 2.17. The molecule has 0 N–H and O–H groups in total. The van der Waals surface area contributed by atoms with Crippen LogP contribution in [-0.4, -0.2) is 56.5 Å². The highest BCUT2D eigenvalue weighted by molar-refractivity contribution is 7.99. The van der Waals surface area contributed by atoms with Crippen molar-refractivity contribution in [1.29, 1.82) is 0 Å². The fourth-order valence-electron chi connectivity index (χ4n) is 2.69. The van der Waals surface area contributed by atoms with Gasteiger partial charge in [0, 0.05) is 13.1 Å². The topological polar surface area (TPSA) is 73.1 Å². The molecule has 1 fully saturated rings. The van der Waals surface area contributed by atoms with Gasteiger partial charge in [0.2, 0.25) is 11.1 Å². The first-order chi connectivity index (χ1) is 11.8. The molecule has 7 nitrogen and oxygen atoms in total. The number of rotatable bonds is 6. The summed E-state index contributed by atoms with van der Waals surface area (Å²) in [6, 6.07) is 7.60. The number of amides is 1. The highest BCUT2D eigenvalue weighted by Gasteiger charge is 2.19. The number of nitrogens with zero attached hydrogens (tertiary/aromatic N) is 5. The van der Waals surface area contributed by atoms with Crippen LogP contribution in [-0.2, 0) is 4.79 Å². The normalized spacial score (nSPS) is 14.6. The van der Waals surface area contributed by atoms with Crippen molar-refractivity contribution >= 4 is 17.7 Å². The highest BCUT2D eigenvalue weighted by Crippen LogP contribution is 2.26. The molecule has 2 heterocycles. The van der Waals surface area contributed by atoms with Gasteiger partial charge in [0.25, 0.3) is 0 Å². The van der Waals surface area contributed by atoms with Crippen molar-refractivity contribution in [1.82, 2.24) is 25.1 Å². The van der Waals surface area contributed by atoms with E-state index >= 15 is 0 Å². The molecule has 1 amide bonds. The Morgan fingerprint density at radius 1 is 1.25 bits per heavy atom. The van der Waals surface area contributed by atoms with Gasteiger partial charge in [-0.1, -0.05) is 23.9 Å². The largest absolute Gasteiger partial charge is 0.492 e. The Balaban J connectivity index is 1.70. The Morgan fingerprint density at radius 3 is 2.83 bits per heavy atom. The number of carbonyl (C=O) groups is 1. The molecule has 0 unspecified atom stereocenters. The minimum atomic E-state index is 0.146. The number of para-hydroxylation sites is 2. The second kappa shape index (κ2) is 8.14. The Labute approximate surface area is 145 Å². The van der Waals surface area contributed by atoms with Gasteiger partial charge < -0.3 is 9.64 Å². The average Bonchev–Trinajstić information content (AvgIpc) is 3.09. The number of ether oxygens (including phenoxy) is 1. The lowest BCUT2D eigenvalue weighted by Gasteiger charge is -2.26. The molecule has 0 radical (unpaired) electrons. The van der Waals surface area contributed by atoms with Crippen LogP contribution in [0.2, 0.25) is 0 Å². The van der Waals surface area contributed by atoms with Gasteiger partial charge >= 0.3 is 0 Å². The quantitative estimate of drug-likeness (QED) is 0.746. The molecule has 2 aromatic rings. The van der Waals surface area contributed by atoms with E-state index in [2.05, 4.69) is 15.5 Å². The third-order valence-corrected chi connectivity index (χ3v) is 4.77. The second-order valence-electron chi connectivity index (χ2n) is 5.50. The molecule has 0 atom stereocenters. The Kier molecular flexibility index (Phi) is 5.68. The first kappa shape index (κ1) is 16.8. The van der Waals surface area contributed by atoms with E-state index in [0.29, 0.717) is 17.5 Å². The summed E-state index contributed by atoms with van der Waals surface area (Å²) in [7, 11) is 0. The maximum Gasteiger partial charge on any atom is 0.233 e. The highest BCUT2D eigenvalue weighted by atomic mass is 32.2. The van der Waals surface area contributed by atoms with Crippen molar-refractivity contribution in [2.45, 2.75) is 31.3 Å². The molecule has 3 rings (SSSR count). The molecule has 1 aliphatic heterocycles. The number of benzene rings is 1. The van der Waals surface area contributed by atoms with Crippen LogP contribution in [0.5, 0.6) is 5.75 Å². The fourth-order valence-corrected chi connectivity index (χ4v) is 3.48. The maximum absolute atomic E-state index is 12.3. The van der Waals surface area contributed by atoms with Crippen molar-refractivity contribution in [2.24, 2.45) is 0 Å². The third-order valence-electron chi connectivity index (χ3n) is 3.87. The van der Waals surface area contributed by atoms with Crippen molar-refractivity contribution < 1.29 is 9.53 Å². The van der Waals surface area contributed by atoms with E-state index in [1.165, 1.54) is 18.2 Å². The van der Waals surface area contributed by atoms with Gasteiger partial charge in [-0.05, 0) is 48.7 Å². The minimum Gasteiger partial charge on any atom is -0.492 e. The molecule has 1 aliphatic rings. The van der Waals surface area contributed by atoms with E-state index in [1.54, 1.807) is 4.68 Å². The zero-order valence-electron chi connectivity index (χ0n) is 13.7. The molecule has 0 aliphatic carbocycles. The van der Waals surface area contributed by atoms with Gasteiger partial charge in [0.15, 0.2) is 0 Å². The van der Waals surface area contributed by atoms with E-state index in [0.717, 1.165) is 37.4 Å². The molecular formula is C16H21N5O2S. The van der Waals surface area contributed by atoms with Crippen molar-refractivity contribution in [3.8, 4) is 11.4 Å². The molecule has 0 spiro atoms. The van der Waals surface area contributed by atoms with Crippen molar-refractivity contribution in [3.05, 3.63) is 24.3 Å². The van der Waals surface area contributed by atoms with E-state index in [-0.39, 0.29) is 5.91 Å². The summed E-state index contributed by atoms with van der Waals surface area (Å²) in [4.78, 5) is 14.2. The van der Waals surface area contributed by atoms with Crippen LogP contribution in [0.15, 0.2) is 29.4 Å². The van der Waals surface area contributed by atoms with E-state index in [1.807, 2.05) is 36.1 Å². The molecule has 0 saturated carbocycles. The molecule has 1 aromatic carbocycles. The Morgan fingerprint density at radius 2 is 2.04 bits per heavy atom. The molecule has 128 valence electrons. The Bertz CT molecular complexity index is 685.